The van der Waals surface area contributed by atoms with E-state index in [1.165, 1.54) is 5.56 Å². The van der Waals surface area contributed by atoms with Crippen LogP contribution >= 0.6 is 0 Å². The number of ether oxygens (including phenoxy) is 2. The second kappa shape index (κ2) is 7.74. The lowest BCUT2D eigenvalue weighted by molar-refractivity contribution is -0.00327. The number of carbonyl (C=O) groups is 1. The maximum Gasteiger partial charge on any atom is 0.270 e. The number of aryl methyl sites for hydroxylation is 1. The number of aromatic nitrogens is 1. The minimum absolute atomic E-state index is 0.0989. The van der Waals surface area contributed by atoms with Gasteiger partial charge in [0.15, 0.2) is 0 Å². The third-order valence-electron chi connectivity index (χ3n) is 5.07. The van der Waals surface area contributed by atoms with Crippen molar-refractivity contribution in [1.29, 1.82) is 0 Å². The number of hydrogen-bond acceptors (Lipinski definition) is 3. The molecule has 1 fully saturated rings. The highest BCUT2D eigenvalue weighted by Crippen LogP contribution is 2.25. The largest absolute Gasteiger partial charge is 0.497 e. The van der Waals surface area contributed by atoms with Gasteiger partial charge in [0.05, 0.1) is 13.2 Å². The van der Waals surface area contributed by atoms with Gasteiger partial charge in [-0.1, -0.05) is 12.1 Å². The van der Waals surface area contributed by atoms with Crippen LogP contribution in [0.15, 0.2) is 42.6 Å². The molecule has 0 radical (unpaired) electrons. The third kappa shape index (κ3) is 3.87. The second-order valence-electron chi connectivity index (χ2n) is 6.63. The predicted molar refractivity (Wildman–Crippen MR) is 96.9 cm³/mol. The Morgan fingerprint density at radius 2 is 1.96 bits per heavy atom. The average molecular weight is 342 g/mol. The van der Waals surface area contributed by atoms with E-state index in [0.717, 1.165) is 30.8 Å². The number of piperidine rings is 1. The van der Waals surface area contributed by atoms with Gasteiger partial charge in [0.25, 0.3) is 5.91 Å². The number of methoxy groups -OCH3 is 2. The molecule has 0 saturated carbocycles. The molecule has 0 spiro atoms. The lowest BCUT2D eigenvalue weighted by Gasteiger charge is -2.38. The van der Waals surface area contributed by atoms with E-state index >= 15 is 0 Å². The number of benzene rings is 1. The van der Waals surface area contributed by atoms with Crippen LogP contribution < -0.4 is 4.74 Å². The van der Waals surface area contributed by atoms with Crippen LogP contribution in [0.5, 0.6) is 5.75 Å². The molecule has 5 nitrogen and oxygen atoms in total. The summed E-state index contributed by atoms with van der Waals surface area (Å²) in [6, 6.07) is 11.9. The molecule has 1 aliphatic heterocycles. The van der Waals surface area contributed by atoms with Crippen LogP contribution in [0, 0.1) is 5.92 Å². The quantitative estimate of drug-likeness (QED) is 0.839. The Hall–Kier alpha value is -2.27. The first kappa shape index (κ1) is 17.5. The zero-order chi connectivity index (χ0) is 17.8. The van der Waals surface area contributed by atoms with Crippen LogP contribution in [0.4, 0.5) is 0 Å². The Labute approximate surface area is 149 Å². The molecule has 1 amide bonds. The fourth-order valence-electron chi connectivity index (χ4n) is 3.61. The first-order valence-corrected chi connectivity index (χ1v) is 8.68. The van der Waals surface area contributed by atoms with Gasteiger partial charge < -0.3 is 18.9 Å². The molecule has 2 aromatic rings. The predicted octanol–water partition coefficient (Wildman–Crippen LogP) is 2.75. The van der Waals surface area contributed by atoms with Crippen molar-refractivity contribution >= 4 is 5.91 Å². The summed E-state index contributed by atoms with van der Waals surface area (Å²) >= 11 is 0. The smallest absolute Gasteiger partial charge is 0.270 e. The molecule has 5 heteroatoms. The molecule has 25 heavy (non-hydrogen) atoms. The van der Waals surface area contributed by atoms with Crippen LogP contribution in [0.3, 0.4) is 0 Å². The van der Waals surface area contributed by atoms with E-state index in [9.17, 15) is 4.79 Å². The molecule has 1 aromatic heterocycles. The molecule has 134 valence electrons. The number of nitrogens with zero attached hydrogens (tertiary/aromatic N) is 2. The minimum Gasteiger partial charge on any atom is -0.497 e. The van der Waals surface area contributed by atoms with Crippen molar-refractivity contribution in [2.75, 3.05) is 27.3 Å². The Morgan fingerprint density at radius 1 is 1.20 bits per heavy atom. The van der Waals surface area contributed by atoms with Gasteiger partial charge in [0.2, 0.25) is 0 Å². The van der Waals surface area contributed by atoms with Crippen molar-refractivity contribution in [3.8, 4) is 5.75 Å². The first-order valence-electron chi connectivity index (χ1n) is 8.68. The first-order chi connectivity index (χ1) is 12.1. The van der Waals surface area contributed by atoms with E-state index in [0.29, 0.717) is 6.54 Å². The molecule has 0 aliphatic carbocycles. The van der Waals surface area contributed by atoms with E-state index in [1.54, 1.807) is 14.2 Å². The molecule has 1 aliphatic rings. The summed E-state index contributed by atoms with van der Waals surface area (Å²) in [6.45, 7) is 1.45. The summed E-state index contributed by atoms with van der Waals surface area (Å²) in [4.78, 5) is 14.8. The van der Waals surface area contributed by atoms with Gasteiger partial charge in [-0.25, -0.2) is 0 Å². The molecule has 0 N–H and O–H groups in total. The van der Waals surface area contributed by atoms with Gasteiger partial charge >= 0.3 is 0 Å². The number of rotatable bonds is 5. The zero-order valence-corrected chi connectivity index (χ0v) is 15.1. The van der Waals surface area contributed by atoms with Gasteiger partial charge in [-0.15, -0.1) is 0 Å². The average Bonchev–Trinajstić information content (AvgIpc) is 3.07. The normalized spacial score (nSPS) is 20.5. The standard InChI is InChI=1S/C20H26N2O3/c1-21-11-4-5-18(21)20(23)22-12-10-19(25-3)16(14-22)13-15-6-8-17(24-2)9-7-15/h4-9,11,16,19H,10,12-14H2,1-3H3/t16-,19+/m1/s1. The van der Waals surface area contributed by atoms with E-state index in [2.05, 4.69) is 12.1 Å². The van der Waals surface area contributed by atoms with Crippen molar-refractivity contribution in [3.05, 3.63) is 53.9 Å². The second-order valence-corrected chi connectivity index (χ2v) is 6.63. The van der Waals surface area contributed by atoms with Crippen molar-refractivity contribution in [1.82, 2.24) is 9.47 Å². The highest BCUT2D eigenvalue weighted by Gasteiger charge is 2.32. The molecule has 0 unspecified atom stereocenters. The molecule has 1 saturated heterocycles. The van der Waals surface area contributed by atoms with Gasteiger partial charge in [-0.05, 0) is 42.7 Å². The van der Waals surface area contributed by atoms with Crippen LogP contribution in [0.25, 0.3) is 0 Å². The van der Waals surface area contributed by atoms with Gasteiger partial charge in [-0.3, -0.25) is 4.79 Å². The Bertz CT molecular complexity index is 708. The van der Waals surface area contributed by atoms with Gasteiger partial charge in [-0.2, -0.15) is 0 Å². The molecule has 2 atom stereocenters. The number of likely N-dealkylation sites (tertiary alicyclic amines) is 1. The summed E-state index contributed by atoms with van der Waals surface area (Å²) in [5.41, 5.74) is 1.97. The summed E-state index contributed by atoms with van der Waals surface area (Å²) < 4.78 is 12.8. The van der Waals surface area contributed by atoms with Crippen LogP contribution in [0.1, 0.15) is 22.5 Å². The maximum absolute atomic E-state index is 12.8. The summed E-state index contributed by atoms with van der Waals surface area (Å²) in [7, 11) is 5.34. The molecule has 1 aromatic carbocycles. The number of hydrogen-bond donors (Lipinski definition) is 0. The molecular formula is C20H26N2O3. The summed E-state index contributed by atoms with van der Waals surface area (Å²) in [6.07, 6.45) is 3.84. The fourth-order valence-corrected chi connectivity index (χ4v) is 3.61. The molecule has 2 heterocycles. The van der Waals surface area contributed by atoms with Crippen molar-refractivity contribution in [3.63, 3.8) is 0 Å². The van der Waals surface area contributed by atoms with E-state index in [-0.39, 0.29) is 17.9 Å². The highest BCUT2D eigenvalue weighted by molar-refractivity contribution is 5.92. The zero-order valence-electron chi connectivity index (χ0n) is 15.1. The minimum atomic E-state index is 0.0989. The molecule has 0 bridgehead atoms. The topological polar surface area (TPSA) is 43.7 Å². The van der Waals surface area contributed by atoms with Gasteiger partial charge in [0, 0.05) is 39.4 Å². The van der Waals surface area contributed by atoms with Crippen molar-refractivity contribution < 1.29 is 14.3 Å². The Kier molecular flexibility index (Phi) is 5.43. The van der Waals surface area contributed by atoms with Crippen molar-refractivity contribution in [2.24, 2.45) is 13.0 Å². The van der Waals surface area contributed by atoms with E-state index in [1.807, 2.05) is 47.0 Å². The maximum atomic E-state index is 12.8. The number of carbonyl (C=O) groups excluding carboxylic acids is 1. The van der Waals surface area contributed by atoms with Crippen molar-refractivity contribution in [2.45, 2.75) is 18.9 Å². The highest BCUT2D eigenvalue weighted by atomic mass is 16.5. The number of amides is 1. The van der Waals surface area contributed by atoms with Gasteiger partial charge in [0.1, 0.15) is 11.4 Å². The lowest BCUT2D eigenvalue weighted by atomic mass is 9.88. The summed E-state index contributed by atoms with van der Waals surface area (Å²) in [5.74, 6) is 1.24. The van der Waals surface area contributed by atoms with E-state index < -0.39 is 0 Å². The Morgan fingerprint density at radius 3 is 2.56 bits per heavy atom. The monoisotopic (exact) mass is 342 g/mol. The third-order valence-corrected chi connectivity index (χ3v) is 5.07. The SMILES string of the molecule is COc1ccc(C[C@@H]2CN(C(=O)c3cccn3C)CC[C@@H]2OC)cc1. The molecule has 3 rings (SSSR count). The van der Waals surface area contributed by atoms with Crippen LogP contribution in [0.2, 0.25) is 0 Å². The lowest BCUT2D eigenvalue weighted by Crippen LogP contribution is -2.47. The fraction of sp³-hybridized carbons (Fsp3) is 0.450. The Balaban J connectivity index is 1.71. The van der Waals surface area contributed by atoms with Crippen LogP contribution in [-0.2, 0) is 18.2 Å². The summed E-state index contributed by atoms with van der Waals surface area (Å²) in [5, 5.41) is 0. The van der Waals surface area contributed by atoms with Crippen LogP contribution in [-0.4, -0.2) is 48.8 Å². The van der Waals surface area contributed by atoms with E-state index in [4.69, 9.17) is 9.47 Å². The molecular weight excluding hydrogens is 316 g/mol.